The normalized spacial score (nSPS) is 11.8. The highest BCUT2D eigenvalue weighted by Crippen LogP contribution is 2.45. The topological polar surface area (TPSA) is 9.86 Å². The number of fused-ring (bicyclic) bond motifs is 6. The van der Waals surface area contributed by atoms with E-state index in [9.17, 15) is 0 Å². The molecule has 0 aliphatic heterocycles. The minimum Gasteiger partial charge on any atom is -0.309 e. The Morgan fingerprint density at radius 1 is 0.246 bits per heavy atom. The molecule has 0 radical (unpaired) electrons. The zero-order chi connectivity index (χ0) is 45.7. The van der Waals surface area contributed by atoms with E-state index in [1.165, 1.54) is 103 Å². The van der Waals surface area contributed by atoms with Crippen molar-refractivity contribution in [2.45, 2.75) is 0 Å². The van der Waals surface area contributed by atoms with Crippen molar-refractivity contribution in [1.82, 2.24) is 9.13 Å². The van der Waals surface area contributed by atoms with E-state index >= 15 is 0 Å². The van der Waals surface area contributed by atoms with Gasteiger partial charge in [-0.1, -0.05) is 243 Å². The molecule has 0 fully saturated rings. The van der Waals surface area contributed by atoms with Crippen LogP contribution in [0, 0.1) is 0 Å². The van der Waals surface area contributed by atoms with Gasteiger partial charge in [-0.3, -0.25) is 0 Å². The van der Waals surface area contributed by atoms with Gasteiger partial charge >= 0.3 is 0 Å². The van der Waals surface area contributed by atoms with E-state index in [4.69, 9.17) is 0 Å². The fourth-order valence-corrected chi connectivity index (χ4v) is 16.1. The van der Waals surface area contributed by atoms with Gasteiger partial charge in [-0.2, -0.15) is 0 Å². The lowest BCUT2D eigenvalue weighted by molar-refractivity contribution is 1.18. The lowest BCUT2D eigenvalue weighted by Crippen LogP contribution is -2.74. The minimum absolute atomic E-state index is 1.15. The van der Waals surface area contributed by atoms with Gasteiger partial charge in [0.15, 0.2) is 8.07 Å². The summed E-state index contributed by atoms with van der Waals surface area (Å²) in [6, 6.07) is 103. The van der Waals surface area contributed by atoms with Crippen LogP contribution in [0.3, 0.4) is 0 Å². The van der Waals surface area contributed by atoms with Gasteiger partial charge < -0.3 is 9.13 Å². The van der Waals surface area contributed by atoms with Gasteiger partial charge in [0.1, 0.15) is 0 Å². The first-order chi connectivity index (χ1) is 34.3. The number of rotatable bonds is 9. The molecule has 0 atom stereocenters. The van der Waals surface area contributed by atoms with Gasteiger partial charge in [0, 0.05) is 43.9 Å². The Kier molecular flexibility index (Phi) is 9.88. The Morgan fingerprint density at radius 2 is 0.667 bits per heavy atom. The number of hydrogen-bond donors (Lipinski definition) is 0. The van der Waals surface area contributed by atoms with E-state index in [2.05, 4.69) is 288 Å². The average molecular weight is 895 g/mol. The van der Waals surface area contributed by atoms with Crippen LogP contribution in [0.1, 0.15) is 0 Å². The summed E-state index contributed by atoms with van der Waals surface area (Å²) in [5, 5.41) is 10.3. The summed E-state index contributed by atoms with van der Waals surface area (Å²) in [4.78, 5) is 0. The van der Waals surface area contributed by atoms with Crippen molar-refractivity contribution in [2.75, 3.05) is 0 Å². The average Bonchev–Trinajstić information content (AvgIpc) is 3.95. The molecular formula is C66H46N2Si. The maximum absolute atomic E-state index is 2.77. The summed E-state index contributed by atoms with van der Waals surface area (Å²) in [5.41, 5.74) is 14.2. The Balaban J connectivity index is 1.05. The van der Waals surface area contributed by atoms with Gasteiger partial charge in [0.25, 0.3) is 0 Å². The van der Waals surface area contributed by atoms with Crippen molar-refractivity contribution in [3.63, 3.8) is 0 Å². The molecule has 0 unspecified atom stereocenters. The molecule has 69 heavy (non-hydrogen) atoms. The van der Waals surface area contributed by atoms with Crippen LogP contribution in [0.25, 0.3) is 88.4 Å². The summed E-state index contributed by atoms with van der Waals surface area (Å²) in [7, 11) is -2.77. The Hall–Kier alpha value is -8.76. The van der Waals surface area contributed by atoms with Crippen LogP contribution in [0.2, 0.25) is 0 Å². The van der Waals surface area contributed by atoms with Crippen molar-refractivity contribution in [1.29, 1.82) is 0 Å². The first-order valence-corrected chi connectivity index (χ1v) is 25.8. The maximum Gasteiger partial charge on any atom is 0.179 e. The number of aromatic nitrogens is 2. The first kappa shape index (κ1) is 40.5. The van der Waals surface area contributed by atoms with Crippen molar-refractivity contribution in [2.24, 2.45) is 0 Å². The lowest BCUT2D eigenvalue weighted by atomic mass is 9.95. The fourth-order valence-electron chi connectivity index (χ4n) is 11.3. The molecule has 0 aliphatic carbocycles. The summed E-state index contributed by atoms with van der Waals surface area (Å²) in [6.07, 6.45) is 0. The van der Waals surface area contributed by atoms with Gasteiger partial charge in [0.05, 0.1) is 27.8 Å². The molecule has 0 bridgehead atoms. The SMILES string of the molecule is c1ccc(-c2cccc(-c3ccccc3)c2-n2c3ccccc3c3cccc(-c4ccc5c(c4)c4ccccc4n5-c4cccc([Si](c5ccccc5)(c5ccccc5)c5ccccc5)c4)c32)cc1. The van der Waals surface area contributed by atoms with E-state index in [-0.39, 0.29) is 0 Å². The number of para-hydroxylation sites is 4. The van der Waals surface area contributed by atoms with E-state index < -0.39 is 8.07 Å². The Morgan fingerprint density at radius 3 is 1.25 bits per heavy atom. The molecule has 0 amide bonds. The van der Waals surface area contributed by atoms with Gasteiger partial charge in [-0.15, -0.1) is 0 Å². The van der Waals surface area contributed by atoms with Gasteiger partial charge in [-0.25, -0.2) is 0 Å². The van der Waals surface area contributed by atoms with E-state index in [0.717, 1.165) is 5.69 Å². The van der Waals surface area contributed by atoms with Crippen LogP contribution in [0.4, 0.5) is 0 Å². The van der Waals surface area contributed by atoms with Crippen molar-refractivity contribution in [3.05, 3.63) is 279 Å². The molecule has 2 aromatic heterocycles. The largest absolute Gasteiger partial charge is 0.309 e. The highest BCUT2D eigenvalue weighted by atomic mass is 28.3. The second kappa shape index (κ2) is 16.8. The second-order valence-electron chi connectivity index (χ2n) is 18.0. The standard InChI is InChI=1S/C66H46N2Si/c1-6-23-47(24-7-1)55-37-21-38-56(48-25-8-2-9-26-48)65(55)68-63-42-19-16-35-58(63)60-40-22-39-57(66(60)68)49-43-44-64-61(45-49)59-36-17-18-41-62(59)67(64)50-27-20-34-54(46-50)69(51-28-10-3-11-29-51,52-30-12-4-13-31-52)53-32-14-5-15-33-53/h1-46H. The fraction of sp³-hybridized carbons (Fsp3) is 0. The van der Waals surface area contributed by atoms with E-state index in [1.807, 2.05) is 0 Å². The zero-order valence-electron chi connectivity index (χ0n) is 38.0. The van der Waals surface area contributed by atoms with Crippen LogP contribution in [-0.2, 0) is 0 Å². The monoisotopic (exact) mass is 894 g/mol. The third-order valence-corrected chi connectivity index (χ3v) is 19.0. The van der Waals surface area contributed by atoms with Crippen molar-refractivity contribution < 1.29 is 0 Å². The minimum atomic E-state index is -2.77. The predicted molar refractivity (Wildman–Crippen MR) is 295 cm³/mol. The quantitative estimate of drug-likeness (QED) is 0.101. The molecule has 11 aromatic carbocycles. The third-order valence-electron chi connectivity index (χ3n) is 14.3. The first-order valence-electron chi connectivity index (χ1n) is 23.8. The van der Waals surface area contributed by atoms with E-state index in [0.29, 0.717) is 0 Å². The van der Waals surface area contributed by atoms with Crippen molar-refractivity contribution >= 4 is 72.4 Å². The highest BCUT2D eigenvalue weighted by Gasteiger charge is 2.41. The Bertz CT molecular complexity index is 3830. The molecule has 0 spiro atoms. The molecule has 0 saturated heterocycles. The van der Waals surface area contributed by atoms with Crippen molar-refractivity contribution in [3.8, 4) is 44.8 Å². The molecule has 3 heteroatoms. The summed E-state index contributed by atoms with van der Waals surface area (Å²) >= 11 is 0. The molecule has 0 N–H and O–H groups in total. The molecular weight excluding hydrogens is 849 g/mol. The van der Waals surface area contributed by atoms with Crippen LogP contribution < -0.4 is 20.7 Å². The van der Waals surface area contributed by atoms with Crippen LogP contribution in [0.15, 0.2) is 279 Å². The second-order valence-corrected chi connectivity index (χ2v) is 21.8. The van der Waals surface area contributed by atoms with Crippen LogP contribution in [-0.4, -0.2) is 17.2 Å². The van der Waals surface area contributed by atoms with Crippen LogP contribution in [0.5, 0.6) is 0 Å². The number of hydrogen-bond acceptors (Lipinski definition) is 0. The maximum atomic E-state index is 2.55. The Labute approximate surface area is 403 Å². The summed E-state index contributed by atoms with van der Waals surface area (Å²) in [6.45, 7) is 0. The molecule has 13 aromatic rings. The number of benzene rings is 11. The smallest absolute Gasteiger partial charge is 0.179 e. The molecule has 324 valence electrons. The van der Waals surface area contributed by atoms with Gasteiger partial charge in [0.2, 0.25) is 0 Å². The number of nitrogens with zero attached hydrogens (tertiary/aromatic N) is 2. The zero-order valence-corrected chi connectivity index (χ0v) is 39.0. The molecule has 2 nitrogen and oxygen atoms in total. The predicted octanol–water partition coefficient (Wildman–Crippen LogP) is 14.3. The summed E-state index contributed by atoms with van der Waals surface area (Å²) < 4.78 is 5.03. The molecule has 2 heterocycles. The lowest BCUT2D eigenvalue weighted by Gasteiger charge is -2.34. The molecule has 13 rings (SSSR count). The summed E-state index contributed by atoms with van der Waals surface area (Å²) in [5.74, 6) is 0. The third kappa shape index (κ3) is 6.54. The van der Waals surface area contributed by atoms with E-state index in [1.54, 1.807) is 0 Å². The molecule has 0 saturated carbocycles. The van der Waals surface area contributed by atoms with Crippen LogP contribution >= 0.6 is 0 Å². The highest BCUT2D eigenvalue weighted by molar-refractivity contribution is 7.19. The molecule has 0 aliphatic rings. The van der Waals surface area contributed by atoms with Gasteiger partial charge in [-0.05, 0) is 73.8 Å².